The van der Waals surface area contributed by atoms with Crippen LogP contribution in [0.4, 0.5) is 4.39 Å². The summed E-state index contributed by atoms with van der Waals surface area (Å²) in [7, 11) is 1.62. The summed E-state index contributed by atoms with van der Waals surface area (Å²) in [6, 6.07) is 21.7. The maximum absolute atomic E-state index is 13.5. The molecule has 0 spiro atoms. The van der Waals surface area contributed by atoms with Gasteiger partial charge in [-0.3, -0.25) is 4.79 Å². The number of nitrogens with zero attached hydrogens (tertiary/aromatic N) is 2. The maximum atomic E-state index is 13.5. The van der Waals surface area contributed by atoms with Crippen LogP contribution in [-0.2, 0) is 0 Å². The molecule has 3 atom stereocenters. The summed E-state index contributed by atoms with van der Waals surface area (Å²) in [5.41, 5.74) is 3.06. The van der Waals surface area contributed by atoms with Crippen molar-refractivity contribution < 1.29 is 19.0 Å². The van der Waals surface area contributed by atoms with Crippen LogP contribution in [0.25, 0.3) is 11.1 Å². The molecule has 5 nitrogen and oxygen atoms in total. The SMILES string of the molecule is COc1ccc(-c2ccc([C@@H]3[C@@H](C#N)N(C(=O)c4cccc(F)c4)[C@H]3CO)cc2)cc1. The summed E-state index contributed by atoms with van der Waals surface area (Å²) in [5.74, 6) is -0.528. The van der Waals surface area contributed by atoms with Gasteiger partial charge in [-0.2, -0.15) is 5.26 Å². The number of benzene rings is 3. The second-order valence-corrected chi connectivity index (χ2v) is 7.42. The number of hydrogen-bond donors (Lipinski definition) is 1. The summed E-state index contributed by atoms with van der Waals surface area (Å²) in [6.07, 6.45) is 0. The Morgan fingerprint density at radius 2 is 1.74 bits per heavy atom. The van der Waals surface area contributed by atoms with E-state index in [4.69, 9.17) is 4.74 Å². The molecule has 156 valence electrons. The first-order valence-electron chi connectivity index (χ1n) is 9.90. The number of amides is 1. The van der Waals surface area contributed by atoms with Crippen molar-refractivity contribution >= 4 is 5.91 Å². The van der Waals surface area contributed by atoms with Crippen molar-refractivity contribution in [3.63, 3.8) is 0 Å². The normalized spacial score (nSPS) is 19.9. The number of likely N-dealkylation sites (tertiary alicyclic amines) is 1. The van der Waals surface area contributed by atoms with Gasteiger partial charge >= 0.3 is 0 Å². The Labute approximate surface area is 179 Å². The fourth-order valence-corrected chi connectivity index (χ4v) is 4.14. The zero-order valence-electron chi connectivity index (χ0n) is 16.9. The first kappa shape index (κ1) is 20.6. The van der Waals surface area contributed by atoms with Crippen molar-refractivity contribution in [1.29, 1.82) is 5.26 Å². The molecule has 1 heterocycles. The molecule has 6 heteroatoms. The van der Waals surface area contributed by atoms with E-state index in [-0.39, 0.29) is 18.1 Å². The number of methoxy groups -OCH3 is 1. The molecular weight excluding hydrogens is 395 g/mol. The molecule has 1 amide bonds. The number of ether oxygens (including phenoxy) is 1. The molecule has 31 heavy (non-hydrogen) atoms. The maximum Gasteiger partial charge on any atom is 0.255 e. The summed E-state index contributed by atoms with van der Waals surface area (Å²) < 4.78 is 18.7. The molecule has 1 saturated heterocycles. The molecule has 0 aliphatic carbocycles. The van der Waals surface area contributed by atoms with Gasteiger partial charge in [-0.1, -0.05) is 42.5 Å². The summed E-state index contributed by atoms with van der Waals surface area (Å²) in [4.78, 5) is 14.2. The van der Waals surface area contributed by atoms with Crippen molar-refractivity contribution in [3.05, 3.63) is 89.7 Å². The molecule has 1 N–H and O–H groups in total. The van der Waals surface area contributed by atoms with E-state index in [0.29, 0.717) is 0 Å². The van der Waals surface area contributed by atoms with Crippen molar-refractivity contribution in [2.45, 2.75) is 18.0 Å². The van der Waals surface area contributed by atoms with Crippen LogP contribution in [0.1, 0.15) is 21.8 Å². The molecule has 1 aliphatic heterocycles. The third-order valence-electron chi connectivity index (χ3n) is 5.76. The van der Waals surface area contributed by atoms with Gasteiger partial charge in [0, 0.05) is 11.5 Å². The Hall–Kier alpha value is -3.69. The number of nitriles is 1. The number of rotatable bonds is 5. The second-order valence-electron chi connectivity index (χ2n) is 7.42. The highest BCUT2D eigenvalue weighted by atomic mass is 19.1. The van der Waals surface area contributed by atoms with Crippen molar-refractivity contribution in [1.82, 2.24) is 4.90 Å². The molecule has 3 aromatic rings. The van der Waals surface area contributed by atoms with Gasteiger partial charge in [0.05, 0.1) is 25.8 Å². The zero-order valence-corrected chi connectivity index (χ0v) is 16.9. The predicted octanol–water partition coefficient (Wildman–Crippen LogP) is 3.99. The molecule has 0 bridgehead atoms. The lowest BCUT2D eigenvalue weighted by Gasteiger charge is -2.51. The highest BCUT2D eigenvalue weighted by Gasteiger charge is 2.51. The van der Waals surface area contributed by atoms with Crippen LogP contribution in [0.2, 0.25) is 0 Å². The molecule has 3 aromatic carbocycles. The Balaban J connectivity index is 1.57. The summed E-state index contributed by atoms with van der Waals surface area (Å²) in [5, 5.41) is 19.7. The molecule has 0 unspecified atom stereocenters. The van der Waals surface area contributed by atoms with E-state index in [2.05, 4.69) is 6.07 Å². The minimum atomic E-state index is -0.736. The van der Waals surface area contributed by atoms with Crippen LogP contribution in [0, 0.1) is 17.1 Å². The average molecular weight is 416 g/mol. The fraction of sp³-hybridized carbons (Fsp3) is 0.200. The standard InChI is InChI=1S/C25H21FN2O3/c1-31-21-11-9-17(10-12-21)16-5-7-18(8-6-16)24-22(14-27)28(23(24)15-29)25(30)19-3-2-4-20(26)13-19/h2-13,22-24,29H,15H2,1H3/t22-,23+,24-/m1/s1. The Morgan fingerprint density at radius 1 is 1.10 bits per heavy atom. The van der Waals surface area contributed by atoms with Crippen LogP contribution in [0.3, 0.4) is 0 Å². The van der Waals surface area contributed by atoms with Gasteiger partial charge in [0.25, 0.3) is 5.91 Å². The Morgan fingerprint density at radius 3 is 2.29 bits per heavy atom. The Kier molecular flexibility index (Phi) is 5.70. The van der Waals surface area contributed by atoms with Crippen LogP contribution in [0.15, 0.2) is 72.8 Å². The lowest BCUT2D eigenvalue weighted by atomic mass is 9.75. The minimum Gasteiger partial charge on any atom is -0.497 e. The van der Waals surface area contributed by atoms with E-state index in [0.717, 1.165) is 28.5 Å². The first-order valence-corrected chi connectivity index (χ1v) is 9.90. The van der Waals surface area contributed by atoms with E-state index in [1.807, 2.05) is 48.5 Å². The van der Waals surface area contributed by atoms with Gasteiger partial charge in [-0.25, -0.2) is 4.39 Å². The smallest absolute Gasteiger partial charge is 0.255 e. The van der Waals surface area contributed by atoms with E-state index in [9.17, 15) is 19.6 Å². The van der Waals surface area contributed by atoms with Gasteiger partial charge < -0.3 is 14.7 Å². The van der Waals surface area contributed by atoms with E-state index in [1.54, 1.807) is 7.11 Å². The topological polar surface area (TPSA) is 73.6 Å². The summed E-state index contributed by atoms with van der Waals surface area (Å²) >= 11 is 0. The highest BCUT2D eigenvalue weighted by molar-refractivity contribution is 5.95. The molecule has 0 saturated carbocycles. The second kappa shape index (κ2) is 8.58. The fourth-order valence-electron chi connectivity index (χ4n) is 4.14. The van der Waals surface area contributed by atoms with Gasteiger partial charge in [0.15, 0.2) is 0 Å². The number of carbonyl (C=O) groups is 1. The highest BCUT2D eigenvalue weighted by Crippen LogP contribution is 2.41. The lowest BCUT2D eigenvalue weighted by molar-refractivity contribution is -0.00587. The predicted molar refractivity (Wildman–Crippen MR) is 114 cm³/mol. The van der Waals surface area contributed by atoms with Gasteiger partial charge in [0.2, 0.25) is 0 Å². The van der Waals surface area contributed by atoms with Crippen molar-refractivity contribution in [2.75, 3.05) is 13.7 Å². The van der Waals surface area contributed by atoms with Crippen molar-refractivity contribution in [3.8, 4) is 22.9 Å². The van der Waals surface area contributed by atoms with E-state index in [1.165, 1.54) is 23.1 Å². The van der Waals surface area contributed by atoms with Crippen LogP contribution < -0.4 is 4.74 Å². The lowest BCUT2D eigenvalue weighted by Crippen LogP contribution is -2.65. The number of carbonyl (C=O) groups excluding carboxylic acids is 1. The molecule has 1 aliphatic rings. The number of halogens is 1. The molecule has 4 rings (SSSR count). The van der Waals surface area contributed by atoms with Crippen LogP contribution in [0.5, 0.6) is 5.75 Å². The third-order valence-corrected chi connectivity index (χ3v) is 5.76. The van der Waals surface area contributed by atoms with Crippen LogP contribution in [-0.4, -0.2) is 41.7 Å². The number of hydrogen-bond acceptors (Lipinski definition) is 4. The van der Waals surface area contributed by atoms with Gasteiger partial charge in [-0.15, -0.1) is 0 Å². The third kappa shape index (κ3) is 3.76. The quantitative estimate of drug-likeness (QED) is 0.683. The number of aliphatic hydroxyl groups is 1. The van der Waals surface area contributed by atoms with E-state index >= 15 is 0 Å². The molecule has 1 fully saturated rings. The molecule has 0 radical (unpaired) electrons. The van der Waals surface area contributed by atoms with Gasteiger partial charge in [0.1, 0.15) is 17.6 Å². The average Bonchev–Trinajstić information content (AvgIpc) is 2.79. The molecule has 0 aromatic heterocycles. The minimum absolute atomic E-state index is 0.159. The number of aliphatic hydroxyl groups excluding tert-OH is 1. The zero-order chi connectivity index (χ0) is 22.0. The van der Waals surface area contributed by atoms with Crippen molar-refractivity contribution in [2.24, 2.45) is 0 Å². The first-order chi connectivity index (χ1) is 15.1. The van der Waals surface area contributed by atoms with Gasteiger partial charge in [-0.05, 0) is 47.0 Å². The summed E-state index contributed by atoms with van der Waals surface area (Å²) in [6.45, 7) is -0.288. The Bertz CT molecular complexity index is 1120. The largest absolute Gasteiger partial charge is 0.497 e. The van der Waals surface area contributed by atoms with E-state index < -0.39 is 23.8 Å². The monoisotopic (exact) mass is 416 g/mol. The molecular formula is C25H21FN2O3. The van der Waals surface area contributed by atoms with Crippen LogP contribution >= 0.6 is 0 Å².